The minimum absolute atomic E-state index is 0.366. The van der Waals surface area contributed by atoms with Gasteiger partial charge in [-0.2, -0.15) is 5.10 Å². The van der Waals surface area contributed by atoms with Crippen molar-refractivity contribution in [3.8, 4) is 56.2 Å². The number of hydrogen-bond donors (Lipinski definition) is 2. The molecule has 11 rings (SSSR count). The molecule has 0 radical (unpaired) electrons. The normalized spacial score (nSPS) is 13.0. The molecule has 0 amide bonds. The van der Waals surface area contributed by atoms with Gasteiger partial charge in [-0.3, -0.25) is 10.8 Å². The molecule has 0 atom stereocenters. The fraction of sp³-hybridized carbons (Fsp3) is 0. The maximum atomic E-state index is 9.21. The first-order valence-corrected chi connectivity index (χ1v) is 19.9. The van der Waals surface area contributed by atoms with Crippen LogP contribution < -0.4 is 5.43 Å². The summed E-state index contributed by atoms with van der Waals surface area (Å²) in [6, 6.07) is 64.4. The predicted octanol–water partition coefficient (Wildman–Crippen LogP) is 13.7. The highest BCUT2D eigenvalue weighted by Gasteiger charge is 2.20. The molecule has 0 aliphatic heterocycles. The van der Waals surface area contributed by atoms with Crippen LogP contribution in [-0.4, -0.2) is 21.4 Å². The second-order valence-corrected chi connectivity index (χ2v) is 14.9. The summed E-state index contributed by atoms with van der Waals surface area (Å²) in [4.78, 5) is 10.5. The van der Waals surface area contributed by atoms with E-state index in [0.717, 1.165) is 88.7 Å². The second-order valence-electron chi connectivity index (χ2n) is 14.9. The van der Waals surface area contributed by atoms with Crippen molar-refractivity contribution >= 4 is 55.9 Å². The van der Waals surface area contributed by atoms with E-state index in [4.69, 9.17) is 14.4 Å². The van der Waals surface area contributed by atoms with Crippen LogP contribution in [-0.2, 0) is 0 Å². The van der Waals surface area contributed by atoms with Gasteiger partial charge in [-0.25, -0.2) is 9.97 Å². The topological polar surface area (TPSA) is 87.2 Å². The Kier molecular flexibility index (Phi) is 8.52. The molecule has 6 nitrogen and oxygen atoms in total. The molecule has 8 aromatic carbocycles. The summed E-state index contributed by atoms with van der Waals surface area (Å²) >= 11 is 0. The van der Waals surface area contributed by atoms with Crippen LogP contribution in [0, 0.1) is 5.41 Å². The van der Waals surface area contributed by atoms with E-state index in [1.165, 1.54) is 11.1 Å². The first-order valence-electron chi connectivity index (χ1n) is 19.9. The lowest BCUT2D eigenvalue weighted by Gasteiger charge is -2.17. The van der Waals surface area contributed by atoms with Gasteiger partial charge < -0.3 is 4.42 Å². The number of benzene rings is 8. The highest BCUT2D eigenvalue weighted by Crippen LogP contribution is 2.36. The standard InChI is InChI=1S/C54H35N5O/c55-53-47(59-58-43-17-5-2-6-18-43)28-25-35-21-22-39-31-42(24-26-44(39)52(35)53)54-56-48(33-49(57-54)41-23-27-46-45-19-7-8-20-50(45)60-51(46)32-41)40-16-10-15-38(30-40)37-14-9-13-36(29-37)34-11-3-1-4-12-34/h1-33,55,58H/b55-53?,59-47-. The van der Waals surface area contributed by atoms with Crippen molar-refractivity contribution in [2.75, 3.05) is 5.43 Å². The Morgan fingerprint density at radius 2 is 1.07 bits per heavy atom. The summed E-state index contributed by atoms with van der Waals surface area (Å²) in [6.07, 6.45) is 3.91. The van der Waals surface area contributed by atoms with E-state index in [-0.39, 0.29) is 0 Å². The number of para-hydroxylation sites is 2. The molecule has 0 saturated carbocycles. The van der Waals surface area contributed by atoms with E-state index >= 15 is 0 Å². The number of allylic oxidation sites excluding steroid dienone is 1. The van der Waals surface area contributed by atoms with E-state index in [1.807, 2.05) is 66.7 Å². The Hall–Kier alpha value is -8.22. The second kappa shape index (κ2) is 14.6. The number of nitrogens with zero attached hydrogens (tertiary/aromatic N) is 3. The molecule has 0 spiro atoms. The molecule has 2 aromatic heterocycles. The zero-order valence-electron chi connectivity index (χ0n) is 32.3. The summed E-state index contributed by atoms with van der Waals surface area (Å²) in [6.45, 7) is 0. The van der Waals surface area contributed by atoms with E-state index in [2.05, 4.69) is 144 Å². The summed E-state index contributed by atoms with van der Waals surface area (Å²) in [5.74, 6) is 0.604. The third-order valence-electron chi connectivity index (χ3n) is 11.2. The van der Waals surface area contributed by atoms with Crippen molar-refractivity contribution < 1.29 is 4.42 Å². The molecular formula is C54H35N5O. The summed E-state index contributed by atoms with van der Waals surface area (Å²) in [5.41, 5.74) is 17.4. The first-order chi connectivity index (χ1) is 29.6. The van der Waals surface area contributed by atoms with E-state index in [1.54, 1.807) is 0 Å². The van der Waals surface area contributed by atoms with Gasteiger partial charge in [0.25, 0.3) is 0 Å². The number of rotatable bonds is 7. The van der Waals surface area contributed by atoms with Gasteiger partial charge in [-0.1, -0.05) is 140 Å². The fourth-order valence-electron chi connectivity index (χ4n) is 8.14. The molecule has 2 N–H and O–H groups in total. The van der Waals surface area contributed by atoms with Gasteiger partial charge in [0.15, 0.2) is 5.82 Å². The number of hydrazone groups is 1. The SMILES string of the molecule is N=C1/C(=N\Nc2ccccc2)C=Cc2ccc3cc(-c4nc(-c5cccc(-c6cccc(-c7ccccc7)c6)c5)cc(-c5ccc6c(c5)oc5ccccc56)n4)ccc3c21. The molecule has 6 heteroatoms. The van der Waals surface area contributed by atoms with E-state index < -0.39 is 0 Å². The molecule has 0 bridgehead atoms. The molecule has 60 heavy (non-hydrogen) atoms. The summed E-state index contributed by atoms with van der Waals surface area (Å²) in [7, 11) is 0. The van der Waals surface area contributed by atoms with Gasteiger partial charge in [-0.15, -0.1) is 0 Å². The highest BCUT2D eigenvalue weighted by molar-refractivity contribution is 6.55. The maximum Gasteiger partial charge on any atom is 0.160 e. The van der Waals surface area contributed by atoms with Crippen molar-refractivity contribution in [1.29, 1.82) is 5.41 Å². The lowest BCUT2D eigenvalue weighted by molar-refractivity contribution is 0.669. The van der Waals surface area contributed by atoms with Crippen LogP contribution in [0.4, 0.5) is 5.69 Å². The third-order valence-corrected chi connectivity index (χ3v) is 11.2. The Labute approximate surface area is 346 Å². The molecule has 1 aliphatic carbocycles. The lowest BCUT2D eigenvalue weighted by atomic mass is 9.89. The lowest BCUT2D eigenvalue weighted by Crippen LogP contribution is -2.18. The van der Waals surface area contributed by atoms with Crippen LogP contribution in [0.15, 0.2) is 204 Å². The van der Waals surface area contributed by atoms with Crippen LogP contribution >= 0.6 is 0 Å². The minimum atomic E-state index is 0.366. The predicted molar refractivity (Wildman–Crippen MR) is 247 cm³/mol. The first kappa shape index (κ1) is 35.0. The number of fused-ring (bicyclic) bond motifs is 6. The van der Waals surface area contributed by atoms with Crippen LogP contribution in [0.2, 0.25) is 0 Å². The monoisotopic (exact) mass is 769 g/mol. The zero-order valence-corrected chi connectivity index (χ0v) is 32.3. The van der Waals surface area contributed by atoms with E-state index in [0.29, 0.717) is 17.2 Å². The molecule has 1 aliphatic rings. The van der Waals surface area contributed by atoms with Crippen molar-refractivity contribution in [1.82, 2.24) is 9.97 Å². The molecule has 2 heterocycles. The van der Waals surface area contributed by atoms with Crippen molar-refractivity contribution in [2.24, 2.45) is 5.10 Å². The average Bonchev–Trinajstić information content (AvgIpc) is 3.69. The largest absolute Gasteiger partial charge is 0.456 e. The van der Waals surface area contributed by atoms with E-state index in [9.17, 15) is 5.41 Å². The minimum Gasteiger partial charge on any atom is -0.456 e. The fourth-order valence-corrected chi connectivity index (χ4v) is 8.14. The third kappa shape index (κ3) is 6.42. The maximum absolute atomic E-state index is 9.21. The van der Waals surface area contributed by atoms with Gasteiger partial charge in [0.1, 0.15) is 16.9 Å². The number of aromatic nitrogens is 2. The Bertz CT molecular complexity index is 3360. The van der Waals surface area contributed by atoms with Gasteiger partial charge in [0, 0.05) is 33.0 Å². The van der Waals surface area contributed by atoms with Crippen LogP contribution in [0.1, 0.15) is 11.1 Å². The Morgan fingerprint density at radius 1 is 0.450 bits per heavy atom. The van der Waals surface area contributed by atoms with Gasteiger partial charge >= 0.3 is 0 Å². The molecule has 0 fully saturated rings. The summed E-state index contributed by atoms with van der Waals surface area (Å²) < 4.78 is 6.32. The number of hydrogen-bond acceptors (Lipinski definition) is 6. The summed E-state index contributed by atoms with van der Waals surface area (Å²) in [5, 5.41) is 17.9. The number of anilines is 1. The molecule has 10 aromatic rings. The van der Waals surface area contributed by atoms with Gasteiger partial charge in [0.05, 0.1) is 22.8 Å². The number of nitrogens with one attached hydrogen (secondary N) is 2. The van der Waals surface area contributed by atoms with Crippen molar-refractivity contribution in [3.05, 3.63) is 205 Å². The Balaban J connectivity index is 1.02. The van der Waals surface area contributed by atoms with Crippen molar-refractivity contribution in [3.63, 3.8) is 0 Å². The van der Waals surface area contributed by atoms with Gasteiger partial charge in [-0.05, 0) is 99.3 Å². The van der Waals surface area contributed by atoms with Crippen LogP contribution in [0.5, 0.6) is 0 Å². The molecule has 0 saturated heterocycles. The zero-order chi connectivity index (χ0) is 40.0. The van der Waals surface area contributed by atoms with Crippen molar-refractivity contribution in [2.45, 2.75) is 0 Å². The molecule has 282 valence electrons. The smallest absolute Gasteiger partial charge is 0.160 e. The van der Waals surface area contributed by atoms with Gasteiger partial charge in [0.2, 0.25) is 0 Å². The molecular weight excluding hydrogens is 735 g/mol. The quantitative estimate of drug-likeness (QED) is 0.158. The molecule has 0 unspecified atom stereocenters. The highest BCUT2D eigenvalue weighted by atomic mass is 16.3. The number of furan rings is 1. The van der Waals surface area contributed by atoms with Crippen LogP contribution in [0.25, 0.3) is 94.9 Å². The Morgan fingerprint density at radius 3 is 1.87 bits per heavy atom. The van der Waals surface area contributed by atoms with Crippen LogP contribution in [0.3, 0.4) is 0 Å². The average molecular weight is 770 g/mol.